The molecule has 0 unspecified atom stereocenters. The van der Waals surface area contributed by atoms with Gasteiger partial charge >= 0.3 is 5.97 Å². The zero-order valence-corrected chi connectivity index (χ0v) is 11.7. The molecule has 0 aliphatic carbocycles. The Labute approximate surface area is 110 Å². The molecule has 0 atom stereocenters. The average Bonchev–Trinajstić information content (AvgIpc) is 2.31. The number of ether oxygens (including phenoxy) is 1. The number of aromatic carboxylic acids is 1. The predicted molar refractivity (Wildman–Crippen MR) is 70.7 cm³/mol. The summed E-state index contributed by atoms with van der Waals surface area (Å²) in [6, 6.07) is 5.03. The Hall–Kier alpha value is -1.03. The third-order valence-corrected chi connectivity index (χ3v) is 3.44. The number of carbonyl (C=O) groups is 1. The van der Waals surface area contributed by atoms with Crippen molar-refractivity contribution in [1.29, 1.82) is 0 Å². The van der Waals surface area contributed by atoms with Gasteiger partial charge in [-0.2, -0.15) is 0 Å². The predicted octanol–water partition coefficient (Wildman–Crippen LogP) is 3.96. The summed E-state index contributed by atoms with van der Waals surface area (Å²) < 4.78 is 6.33. The highest BCUT2D eigenvalue weighted by Gasteiger charge is 2.15. The average molecular weight is 301 g/mol. The van der Waals surface area contributed by atoms with E-state index in [1.807, 2.05) is 0 Å². The maximum atomic E-state index is 11.1. The highest BCUT2D eigenvalue weighted by molar-refractivity contribution is 9.10. The number of halogens is 1. The molecule has 0 aromatic heterocycles. The van der Waals surface area contributed by atoms with Gasteiger partial charge in [0.2, 0.25) is 0 Å². The van der Waals surface area contributed by atoms with E-state index in [-0.39, 0.29) is 5.56 Å². The number of hydrogen-bond acceptors (Lipinski definition) is 2. The molecule has 1 aromatic rings. The van der Waals surface area contributed by atoms with E-state index in [2.05, 4.69) is 29.8 Å². The number of benzene rings is 1. The van der Waals surface area contributed by atoms with Crippen LogP contribution in [0.3, 0.4) is 0 Å². The first-order chi connectivity index (χ1) is 8.10. The fraction of sp³-hybridized carbons (Fsp3) is 0.462. The van der Waals surface area contributed by atoms with Gasteiger partial charge in [-0.05, 0) is 34.0 Å². The molecule has 1 aromatic carbocycles. The molecule has 0 spiro atoms. The van der Waals surface area contributed by atoms with Crippen LogP contribution in [0.15, 0.2) is 22.7 Å². The van der Waals surface area contributed by atoms with Crippen molar-refractivity contribution in [3.8, 4) is 5.75 Å². The van der Waals surface area contributed by atoms with Crippen LogP contribution in [0.2, 0.25) is 0 Å². The van der Waals surface area contributed by atoms with Crippen molar-refractivity contribution in [1.82, 2.24) is 0 Å². The second kappa shape index (κ2) is 6.64. The minimum absolute atomic E-state index is 0.199. The number of rotatable bonds is 6. The monoisotopic (exact) mass is 300 g/mol. The van der Waals surface area contributed by atoms with Crippen LogP contribution < -0.4 is 4.74 Å². The summed E-state index contributed by atoms with van der Waals surface area (Å²) in [5.41, 5.74) is 0.199. The Morgan fingerprint density at radius 1 is 1.41 bits per heavy atom. The molecule has 94 valence electrons. The molecule has 0 aliphatic heterocycles. The van der Waals surface area contributed by atoms with E-state index in [1.165, 1.54) is 0 Å². The fourth-order valence-corrected chi connectivity index (χ4v) is 2.03. The lowest BCUT2D eigenvalue weighted by atomic mass is 10.1. The Morgan fingerprint density at radius 3 is 2.59 bits per heavy atom. The van der Waals surface area contributed by atoms with Crippen molar-refractivity contribution in [3.05, 3.63) is 28.2 Å². The zero-order chi connectivity index (χ0) is 12.8. The normalized spacial score (nSPS) is 10.6. The van der Waals surface area contributed by atoms with E-state index in [0.29, 0.717) is 22.7 Å². The molecule has 0 bridgehead atoms. The summed E-state index contributed by atoms with van der Waals surface area (Å²) in [7, 11) is 0. The summed E-state index contributed by atoms with van der Waals surface area (Å²) in [6.07, 6.45) is 2.06. The Bertz CT molecular complexity index is 386. The topological polar surface area (TPSA) is 46.5 Å². The molecule has 0 aliphatic rings. The number of para-hydroxylation sites is 1. The summed E-state index contributed by atoms with van der Waals surface area (Å²) in [4.78, 5) is 11.1. The van der Waals surface area contributed by atoms with Crippen LogP contribution in [0.5, 0.6) is 5.75 Å². The van der Waals surface area contributed by atoms with Gasteiger partial charge in [0.1, 0.15) is 11.3 Å². The van der Waals surface area contributed by atoms with Gasteiger partial charge in [0, 0.05) is 0 Å². The zero-order valence-electron chi connectivity index (χ0n) is 10.1. The number of carboxylic acids is 1. The van der Waals surface area contributed by atoms with E-state index >= 15 is 0 Å². The van der Waals surface area contributed by atoms with E-state index in [0.717, 1.165) is 12.8 Å². The second-order valence-electron chi connectivity index (χ2n) is 3.92. The van der Waals surface area contributed by atoms with Crippen molar-refractivity contribution in [2.75, 3.05) is 6.61 Å². The first kappa shape index (κ1) is 14.0. The van der Waals surface area contributed by atoms with Crippen molar-refractivity contribution < 1.29 is 14.6 Å². The molecule has 0 radical (unpaired) electrons. The maximum absolute atomic E-state index is 11.1. The molecule has 0 heterocycles. The molecule has 1 N–H and O–H groups in total. The van der Waals surface area contributed by atoms with E-state index in [1.54, 1.807) is 18.2 Å². The van der Waals surface area contributed by atoms with E-state index in [4.69, 9.17) is 9.84 Å². The highest BCUT2D eigenvalue weighted by atomic mass is 79.9. The van der Waals surface area contributed by atoms with Gasteiger partial charge in [0.25, 0.3) is 0 Å². The minimum Gasteiger partial charge on any atom is -0.491 e. The summed E-state index contributed by atoms with van der Waals surface area (Å²) >= 11 is 3.32. The summed E-state index contributed by atoms with van der Waals surface area (Å²) in [6.45, 7) is 4.77. The van der Waals surface area contributed by atoms with Crippen molar-refractivity contribution in [2.45, 2.75) is 26.7 Å². The summed E-state index contributed by atoms with van der Waals surface area (Å²) in [5.74, 6) is -0.0819. The van der Waals surface area contributed by atoms with Gasteiger partial charge < -0.3 is 9.84 Å². The molecular formula is C13H17BrO3. The lowest BCUT2D eigenvalue weighted by molar-refractivity contribution is 0.0691. The highest BCUT2D eigenvalue weighted by Crippen LogP contribution is 2.29. The van der Waals surface area contributed by atoms with Crippen molar-refractivity contribution in [3.63, 3.8) is 0 Å². The molecule has 17 heavy (non-hydrogen) atoms. The number of hydrogen-bond donors (Lipinski definition) is 1. The smallest absolute Gasteiger partial charge is 0.339 e. The second-order valence-corrected chi connectivity index (χ2v) is 4.77. The first-order valence-corrected chi connectivity index (χ1v) is 6.54. The SMILES string of the molecule is CCC(CC)COc1c(Br)cccc1C(=O)O. The van der Waals surface area contributed by atoms with Gasteiger partial charge in [-0.25, -0.2) is 4.79 Å². The van der Waals surface area contributed by atoms with Crippen molar-refractivity contribution in [2.24, 2.45) is 5.92 Å². The lowest BCUT2D eigenvalue weighted by Crippen LogP contribution is -2.12. The van der Waals surface area contributed by atoms with Gasteiger partial charge in [-0.1, -0.05) is 32.8 Å². The van der Waals surface area contributed by atoms with Crippen LogP contribution in [0, 0.1) is 5.92 Å². The maximum Gasteiger partial charge on any atom is 0.339 e. The minimum atomic E-state index is -0.967. The molecule has 0 amide bonds. The third-order valence-electron chi connectivity index (χ3n) is 2.82. The number of carboxylic acid groups (broad SMARTS) is 1. The Morgan fingerprint density at radius 2 is 2.06 bits per heavy atom. The van der Waals surface area contributed by atoms with Crippen LogP contribution in [0.4, 0.5) is 0 Å². The third kappa shape index (κ3) is 3.73. The summed E-state index contributed by atoms with van der Waals surface area (Å²) in [5, 5.41) is 9.07. The largest absolute Gasteiger partial charge is 0.491 e. The molecule has 3 nitrogen and oxygen atoms in total. The van der Waals surface area contributed by atoms with Gasteiger partial charge in [-0.3, -0.25) is 0 Å². The molecule has 4 heteroatoms. The van der Waals surface area contributed by atoms with Crippen LogP contribution in [0.25, 0.3) is 0 Å². The molecular weight excluding hydrogens is 284 g/mol. The van der Waals surface area contributed by atoms with Gasteiger partial charge in [-0.15, -0.1) is 0 Å². The van der Waals surface area contributed by atoms with Gasteiger partial charge in [0.15, 0.2) is 0 Å². The lowest BCUT2D eigenvalue weighted by Gasteiger charge is -2.16. The molecule has 0 saturated heterocycles. The van der Waals surface area contributed by atoms with Crippen LogP contribution in [-0.2, 0) is 0 Å². The Balaban J connectivity index is 2.85. The molecule has 0 saturated carbocycles. The van der Waals surface area contributed by atoms with E-state index in [9.17, 15) is 4.79 Å². The first-order valence-electron chi connectivity index (χ1n) is 5.74. The van der Waals surface area contributed by atoms with Crippen LogP contribution in [-0.4, -0.2) is 17.7 Å². The Kier molecular flexibility index (Phi) is 5.48. The fourth-order valence-electron chi connectivity index (χ4n) is 1.55. The quantitative estimate of drug-likeness (QED) is 0.865. The van der Waals surface area contributed by atoms with E-state index < -0.39 is 5.97 Å². The van der Waals surface area contributed by atoms with Crippen LogP contribution >= 0.6 is 15.9 Å². The molecule has 0 fully saturated rings. The van der Waals surface area contributed by atoms with Crippen LogP contribution in [0.1, 0.15) is 37.0 Å². The van der Waals surface area contributed by atoms with Gasteiger partial charge in [0.05, 0.1) is 11.1 Å². The standard InChI is InChI=1S/C13H17BrO3/c1-3-9(4-2)8-17-12-10(13(15)16)6-5-7-11(12)14/h5-7,9H,3-4,8H2,1-2H3,(H,15,16). The molecule has 1 rings (SSSR count). The van der Waals surface area contributed by atoms with Crippen molar-refractivity contribution >= 4 is 21.9 Å².